The van der Waals surface area contributed by atoms with E-state index >= 15 is 0 Å². The van der Waals surface area contributed by atoms with Crippen molar-refractivity contribution in [3.8, 4) is 0 Å². The first-order chi connectivity index (χ1) is 27.5. The maximum absolute atomic E-state index is 12.7. The Morgan fingerprint density at radius 1 is 0.474 bits per heavy atom. The molecule has 0 rings (SSSR count). The van der Waals surface area contributed by atoms with Crippen LogP contribution >= 0.6 is 7.82 Å². The highest BCUT2D eigenvalue weighted by Crippen LogP contribution is 2.43. The molecule has 0 spiro atoms. The van der Waals surface area contributed by atoms with Gasteiger partial charge in [0.25, 0.3) is 0 Å². The van der Waals surface area contributed by atoms with Gasteiger partial charge in [-0.15, -0.1) is 0 Å². The maximum Gasteiger partial charge on any atom is 0.472 e. The fourth-order valence-corrected chi connectivity index (χ4v) is 7.82. The van der Waals surface area contributed by atoms with Gasteiger partial charge < -0.3 is 18.9 Å². The van der Waals surface area contributed by atoms with Gasteiger partial charge in [0.05, 0.1) is 27.7 Å². The smallest absolute Gasteiger partial charge is 0.462 e. The largest absolute Gasteiger partial charge is 0.472 e. The number of carbonyl (C=O) groups is 2. The van der Waals surface area contributed by atoms with Crippen LogP contribution in [0.2, 0.25) is 0 Å². The standard InChI is InChI=1S/C47H94NO8P/c1-6-8-10-12-14-16-18-20-22-23-24-26-27-29-31-33-35-37-39-46(49)53-43-45(44-55-57(51,52)54-42-41-48(3,4)5)56-47(50)40-38-36-34-32-30-28-25-21-19-17-15-13-11-9-7-2/h45H,6-44H2,1-5H3/p+1. The van der Waals surface area contributed by atoms with Crippen LogP contribution in [0.25, 0.3) is 0 Å². The van der Waals surface area contributed by atoms with Crippen molar-refractivity contribution in [1.29, 1.82) is 0 Å². The molecule has 0 aliphatic rings. The third kappa shape index (κ3) is 44.4. The monoisotopic (exact) mass is 833 g/mol. The van der Waals surface area contributed by atoms with E-state index in [1.165, 1.54) is 173 Å². The van der Waals surface area contributed by atoms with E-state index in [1.54, 1.807) is 0 Å². The fraction of sp³-hybridized carbons (Fsp3) is 0.957. The Morgan fingerprint density at radius 3 is 1.12 bits per heavy atom. The van der Waals surface area contributed by atoms with Crippen molar-refractivity contribution in [1.82, 2.24) is 0 Å². The highest BCUT2D eigenvalue weighted by Gasteiger charge is 2.27. The third-order valence-electron chi connectivity index (χ3n) is 10.9. The number of hydrogen-bond donors (Lipinski definition) is 1. The van der Waals surface area contributed by atoms with Crippen LogP contribution in [0.15, 0.2) is 0 Å². The second kappa shape index (κ2) is 40.4. The van der Waals surface area contributed by atoms with Crippen molar-refractivity contribution in [2.75, 3.05) is 47.5 Å². The number of unbranched alkanes of at least 4 members (excludes halogenated alkanes) is 31. The van der Waals surface area contributed by atoms with E-state index in [0.29, 0.717) is 17.4 Å². The molecule has 10 heteroatoms. The topological polar surface area (TPSA) is 108 Å². The van der Waals surface area contributed by atoms with Crippen LogP contribution in [0.4, 0.5) is 0 Å². The van der Waals surface area contributed by atoms with Gasteiger partial charge in [0.15, 0.2) is 6.10 Å². The van der Waals surface area contributed by atoms with Crippen LogP contribution in [-0.4, -0.2) is 74.9 Å². The number of phosphoric ester groups is 1. The number of hydrogen-bond acceptors (Lipinski definition) is 7. The molecule has 1 N–H and O–H groups in total. The molecule has 0 aromatic carbocycles. The number of phosphoric acid groups is 1. The molecule has 0 aliphatic carbocycles. The Hall–Kier alpha value is -0.990. The lowest BCUT2D eigenvalue weighted by atomic mass is 10.0. The van der Waals surface area contributed by atoms with E-state index in [0.717, 1.165) is 38.5 Å². The molecule has 0 bridgehead atoms. The summed E-state index contributed by atoms with van der Waals surface area (Å²) in [4.78, 5) is 35.4. The first-order valence-corrected chi connectivity index (χ1v) is 25.8. The summed E-state index contributed by atoms with van der Waals surface area (Å²) in [6, 6.07) is 0. The second-order valence-electron chi connectivity index (χ2n) is 17.9. The number of esters is 2. The van der Waals surface area contributed by atoms with Gasteiger partial charge in [-0.3, -0.25) is 18.6 Å². The van der Waals surface area contributed by atoms with E-state index in [4.69, 9.17) is 18.5 Å². The number of nitrogens with zero attached hydrogens (tertiary/aromatic N) is 1. The number of ether oxygens (including phenoxy) is 2. The minimum absolute atomic E-state index is 0.0370. The third-order valence-corrected chi connectivity index (χ3v) is 11.9. The van der Waals surface area contributed by atoms with E-state index in [9.17, 15) is 19.0 Å². The summed E-state index contributed by atoms with van der Waals surface area (Å²) >= 11 is 0. The second-order valence-corrected chi connectivity index (χ2v) is 19.3. The van der Waals surface area contributed by atoms with Crippen LogP contribution in [0.1, 0.15) is 239 Å². The lowest BCUT2D eigenvalue weighted by molar-refractivity contribution is -0.870. The number of rotatable bonds is 45. The molecule has 2 atom stereocenters. The average molecular weight is 833 g/mol. The summed E-state index contributed by atoms with van der Waals surface area (Å²) < 4.78 is 34.4. The molecule has 0 radical (unpaired) electrons. The molecule has 0 saturated heterocycles. The summed E-state index contributed by atoms with van der Waals surface area (Å²) in [5.41, 5.74) is 0. The first-order valence-electron chi connectivity index (χ1n) is 24.3. The predicted molar refractivity (Wildman–Crippen MR) is 238 cm³/mol. The highest BCUT2D eigenvalue weighted by molar-refractivity contribution is 7.47. The van der Waals surface area contributed by atoms with Gasteiger partial charge in [0.1, 0.15) is 19.8 Å². The highest BCUT2D eigenvalue weighted by atomic mass is 31.2. The Balaban J connectivity index is 4.24. The van der Waals surface area contributed by atoms with Crippen molar-refractivity contribution in [3.63, 3.8) is 0 Å². The molecule has 2 unspecified atom stereocenters. The molecule has 0 amide bonds. The summed E-state index contributed by atoms with van der Waals surface area (Å²) in [6.07, 6.45) is 41.4. The molecule has 0 aliphatic heterocycles. The Labute approximate surface area is 353 Å². The van der Waals surface area contributed by atoms with Crippen molar-refractivity contribution < 1.29 is 42.1 Å². The SMILES string of the molecule is CCCCCCCCCCCCCCCCCCCCC(=O)OCC(COP(=O)(O)OCC[N+](C)(C)C)OC(=O)CCCCCCCCCCCCCCCCC. The van der Waals surface area contributed by atoms with Crippen molar-refractivity contribution in [2.24, 2.45) is 0 Å². The van der Waals surface area contributed by atoms with Crippen LogP contribution in [0.5, 0.6) is 0 Å². The van der Waals surface area contributed by atoms with Crippen LogP contribution in [0, 0.1) is 0 Å². The zero-order valence-electron chi connectivity index (χ0n) is 38.4. The molecule has 0 fully saturated rings. The summed E-state index contributed by atoms with van der Waals surface area (Å²) in [5.74, 6) is -0.780. The molecule has 57 heavy (non-hydrogen) atoms. The Morgan fingerprint density at radius 2 is 0.789 bits per heavy atom. The van der Waals surface area contributed by atoms with Crippen LogP contribution in [0.3, 0.4) is 0 Å². The van der Waals surface area contributed by atoms with Crippen LogP contribution < -0.4 is 0 Å². The van der Waals surface area contributed by atoms with E-state index in [1.807, 2.05) is 21.1 Å². The minimum Gasteiger partial charge on any atom is -0.462 e. The van der Waals surface area contributed by atoms with Gasteiger partial charge in [-0.1, -0.05) is 213 Å². The van der Waals surface area contributed by atoms with Crippen molar-refractivity contribution in [3.05, 3.63) is 0 Å². The van der Waals surface area contributed by atoms with Crippen LogP contribution in [-0.2, 0) is 32.7 Å². The van der Waals surface area contributed by atoms with Gasteiger partial charge in [-0.25, -0.2) is 4.57 Å². The average Bonchev–Trinajstić information content (AvgIpc) is 3.16. The number of likely N-dealkylation sites (N-methyl/N-ethyl adjacent to an activating group) is 1. The summed E-state index contributed by atoms with van der Waals surface area (Å²) in [5, 5.41) is 0. The predicted octanol–water partition coefficient (Wildman–Crippen LogP) is 14.0. The quantitative estimate of drug-likeness (QED) is 0.0280. The normalized spacial score (nSPS) is 13.4. The molecule has 0 saturated carbocycles. The van der Waals surface area contributed by atoms with Crippen molar-refractivity contribution in [2.45, 2.75) is 245 Å². The molecule has 9 nitrogen and oxygen atoms in total. The van der Waals surface area contributed by atoms with Gasteiger partial charge >= 0.3 is 19.8 Å². The zero-order chi connectivity index (χ0) is 42.1. The van der Waals surface area contributed by atoms with Gasteiger partial charge in [0.2, 0.25) is 0 Å². The van der Waals surface area contributed by atoms with Gasteiger partial charge in [-0.05, 0) is 12.8 Å². The first kappa shape index (κ1) is 56.0. The minimum atomic E-state index is -4.37. The molecule has 0 aromatic heterocycles. The van der Waals surface area contributed by atoms with E-state index in [2.05, 4.69) is 13.8 Å². The number of quaternary nitrogens is 1. The fourth-order valence-electron chi connectivity index (χ4n) is 7.08. The molecular weight excluding hydrogens is 737 g/mol. The summed E-state index contributed by atoms with van der Waals surface area (Å²) in [6.45, 7) is 4.48. The van der Waals surface area contributed by atoms with Crippen molar-refractivity contribution >= 4 is 19.8 Å². The molecule has 0 heterocycles. The zero-order valence-corrected chi connectivity index (χ0v) is 39.2. The summed E-state index contributed by atoms with van der Waals surface area (Å²) in [7, 11) is 1.50. The Bertz CT molecular complexity index is 943. The number of carbonyl (C=O) groups excluding carboxylic acids is 2. The lowest BCUT2D eigenvalue weighted by Gasteiger charge is -2.24. The van der Waals surface area contributed by atoms with E-state index < -0.39 is 26.5 Å². The molecule has 0 aromatic rings. The molecule has 340 valence electrons. The maximum atomic E-state index is 12.7. The molecular formula is C47H95NO8P+. The van der Waals surface area contributed by atoms with Gasteiger partial charge in [0, 0.05) is 12.8 Å². The van der Waals surface area contributed by atoms with Gasteiger partial charge in [-0.2, -0.15) is 0 Å². The lowest BCUT2D eigenvalue weighted by Crippen LogP contribution is -2.37. The Kier molecular flexibility index (Phi) is 39.7. The van der Waals surface area contributed by atoms with E-state index in [-0.39, 0.29) is 25.6 Å².